The van der Waals surface area contributed by atoms with Crippen molar-refractivity contribution in [2.45, 2.75) is 18.4 Å². The molecular formula is C9H11N3O3S2. The highest BCUT2D eigenvalue weighted by Gasteiger charge is 2.24. The van der Waals surface area contributed by atoms with Crippen LogP contribution in [0.15, 0.2) is 21.7 Å². The van der Waals surface area contributed by atoms with E-state index in [-0.39, 0.29) is 10.6 Å². The zero-order chi connectivity index (χ0) is 12.5. The Balaban J connectivity index is 2.41. The van der Waals surface area contributed by atoms with E-state index in [9.17, 15) is 8.42 Å². The van der Waals surface area contributed by atoms with Crippen molar-refractivity contribution in [2.75, 3.05) is 4.72 Å². The molecular weight excluding hydrogens is 262 g/mol. The van der Waals surface area contributed by atoms with Gasteiger partial charge < -0.3 is 5.11 Å². The smallest absolute Gasteiger partial charge is 0.265 e. The number of rotatable bonds is 4. The molecule has 0 atom stereocenters. The van der Waals surface area contributed by atoms with Gasteiger partial charge in [-0.05, 0) is 18.4 Å². The molecule has 0 aliphatic heterocycles. The van der Waals surface area contributed by atoms with E-state index < -0.39 is 16.6 Å². The summed E-state index contributed by atoms with van der Waals surface area (Å²) in [6.45, 7) is 1.17. The van der Waals surface area contributed by atoms with Gasteiger partial charge in [-0.15, -0.1) is 0 Å². The lowest BCUT2D eigenvalue weighted by atomic mass is 10.4. The summed E-state index contributed by atoms with van der Waals surface area (Å²) in [5.41, 5.74) is 1.02. The van der Waals surface area contributed by atoms with Crippen molar-refractivity contribution < 1.29 is 13.5 Å². The second-order valence-electron chi connectivity index (χ2n) is 3.40. The van der Waals surface area contributed by atoms with Crippen LogP contribution in [-0.4, -0.2) is 23.7 Å². The second kappa shape index (κ2) is 4.47. The Kier molecular flexibility index (Phi) is 3.18. The Morgan fingerprint density at radius 2 is 2.35 bits per heavy atom. The molecule has 92 valence electrons. The van der Waals surface area contributed by atoms with E-state index >= 15 is 0 Å². The summed E-state index contributed by atoms with van der Waals surface area (Å²) in [5, 5.41) is 18.8. The van der Waals surface area contributed by atoms with Gasteiger partial charge >= 0.3 is 0 Å². The van der Waals surface area contributed by atoms with E-state index in [0.29, 0.717) is 11.4 Å². The average molecular weight is 273 g/mol. The van der Waals surface area contributed by atoms with Crippen molar-refractivity contribution in [3.8, 4) is 0 Å². The fourth-order valence-corrected chi connectivity index (χ4v) is 3.53. The monoisotopic (exact) mass is 273 g/mol. The highest BCUT2D eigenvalue weighted by Crippen LogP contribution is 2.22. The summed E-state index contributed by atoms with van der Waals surface area (Å²) in [7, 11) is -3.71. The number of aromatic nitrogens is 2. The van der Waals surface area contributed by atoms with Crippen LogP contribution in [0.25, 0.3) is 0 Å². The molecule has 3 N–H and O–H groups in total. The number of aromatic amines is 1. The zero-order valence-corrected chi connectivity index (χ0v) is 10.6. The molecule has 6 nitrogen and oxygen atoms in total. The first-order chi connectivity index (χ1) is 8.04. The lowest BCUT2D eigenvalue weighted by molar-refractivity contribution is 0.273. The molecule has 2 heterocycles. The van der Waals surface area contributed by atoms with Crippen molar-refractivity contribution in [2.24, 2.45) is 0 Å². The van der Waals surface area contributed by atoms with Crippen LogP contribution in [0.2, 0.25) is 0 Å². The van der Waals surface area contributed by atoms with E-state index in [1.54, 1.807) is 23.8 Å². The van der Waals surface area contributed by atoms with Crippen LogP contribution in [0.3, 0.4) is 0 Å². The van der Waals surface area contributed by atoms with Crippen LogP contribution < -0.4 is 4.72 Å². The Morgan fingerprint density at radius 3 is 2.94 bits per heavy atom. The molecule has 0 fully saturated rings. The standard InChI is InChI=1S/C9H11N3O3S2/c1-6-9(8(4-13)11-10-6)17(14,15)12-7-2-3-16-5-7/h2-3,5,12-13H,4H2,1H3,(H,10,11). The number of aliphatic hydroxyl groups is 1. The van der Waals surface area contributed by atoms with Crippen molar-refractivity contribution in [1.29, 1.82) is 0 Å². The molecule has 8 heteroatoms. The number of nitrogens with zero attached hydrogens (tertiary/aromatic N) is 1. The minimum Gasteiger partial charge on any atom is -0.390 e. The van der Waals surface area contributed by atoms with Crippen LogP contribution in [-0.2, 0) is 16.6 Å². The van der Waals surface area contributed by atoms with Gasteiger partial charge in [0.05, 0.1) is 18.0 Å². The van der Waals surface area contributed by atoms with E-state index in [4.69, 9.17) is 5.11 Å². The van der Waals surface area contributed by atoms with Crippen molar-refractivity contribution in [1.82, 2.24) is 10.2 Å². The predicted octanol–water partition coefficient (Wildman–Crippen LogP) is 1.07. The van der Waals surface area contributed by atoms with E-state index in [1.807, 2.05) is 0 Å². The van der Waals surface area contributed by atoms with E-state index in [1.165, 1.54) is 11.3 Å². The summed E-state index contributed by atoms with van der Waals surface area (Å²) >= 11 is 1.39. The van der Waals surface area contributed by atoms with E-state index in [0.717, 1.165) is 0 Å². The van der Waals surface area contributed by atoms with Gasteiger partial charge in [-0.1, -0.05) is 0 Å². The third-order valence-electron chi connectivity index (χ3n) is 2.15. The molecule has 0 aromatic carbocycles. The first kappa shape index (κ1) is 12.1. The highest BCUT2D eigenvalue weighted by molar-refractivity contribution is 7.92. The SMILES string of the molecule is Cc1[nH]nc(CO)c1S(=O)(=O)Nc1ccsc1. The van der Waals surface area contributed by atoms with Gasteiger partial charge in [-0.25, -0.2) is 8.42 Å². The van der Waals surface area contributed by atoms with Crippen molar-refractivity contribution in [3.05, 3.63) is 28.2 Å². The summed E-state index contributed by atoms with van der Waals surface area (Å²) in [6, 6.07) is 1.66. The molecule has 0 amide bonds. The summed E-state index contributed by atoms with van der Waals surface area (Å²) in [6.07, 6.45) is 0. The van der Waals surface area contributed by atoms with Gasteiger partial charge in [0.1, 0.15) is 10.6 Å². The van der Waals surface area contributed by atoms with Crippen LogP contribution in [0, 0.1) is 6.92 Å². The minimum absolute atomic E-state index is 0.00574. The molecule has 0 saturated heterocycles. The minimum atomic E-state index is -3.71. The Bertz CT molecular complexity index is 601. The quantitative estimate of drug-likeness (QED) is 0.776. The van der Waals surface area contributed by atoms with Crippen LogP contribution >= 0.6 is 11.3 Å². The average Bonchev–Trinajstić information content (AvgIpc) is 2.86. The van der Waals surface area contributed by atoms with Crippen LogP contribution in [0.5, 0.6) is 0 Å². The number of thiophene rings is 1. The molecule has 0 unspecified atom stereocenters. The highest BCUT2D eigenvalue weighted by atomic mass is 32.2. The third-order valence-corrected chi connectivity index (χ3v) is 4.42. The van der Waals surface area contributed by atoms with E-state index in [2.05, 4.69) is 14.9 Å². The van der Waals surface area contributed by atoms with Gasteiger partial charge in [0.2, 0.25) is 0 Å². The molecule has 0 aliphatic rings. The molecule has 0 aliphatic carbocycles. The number of sulfonamides is 1. The first-order valence-electron chi connectivity index (χ1n) is 4.74. The second-order valence-corrected chi connectivity index (χ2v) is 5.80. The number of hydrogen-bond donors (Lipinski definition) is 3. The lowest BCUT2D eigenvalue weighted by Crippen LogP contribution is -2.14. The topological polar surface area (TPSA) is 95.1 Å². The van der Waals surface area contributed by atoms with Crippen LogP contribution in [0.1, 0.15) is 11.4 Å². The maximum atomic E-state index is 12.1. The maximum absolute atomic E-state index is 12.1. The van der Waals surface area contributed by atoms with Gasteiger partial charge in [-0.2, -0.15) is 16.4 Å². The number of aryl methyl sites for hydroxylation is 1. The lowest BCUT2D eigenvalue weighted by Gasteiger charge is -2.06. The number of H-pyrrole nitrogens is 1. The summed E-state index contributed by atoms with van der Waals surface area (Å²) in [4.78, 5) is 0.00574. The van der Waals surface area contributed by atoms with Crippen molar-refractivity contribution in [3.63, 3.8) is 0 Å². The normalized spacial score (nSPS) is 11.6. The molecule has 0 spiro atoms. The van der Waals surface area contributed by atoms with Gasteiger partial charge in [0.15, 0.2) is 0 Å². The van der Waals surface area contributed by atoms with Gasteiger partial charge in [-0.3, -0.25) is 9.82 Å². The molecule has 2 aromatic heterocycles. The summed E-state index contributed by atoms with van der Waals surface area (Å²) in [5.74, 6) is 0. The molecule has 0 bridgehead atoms. The molecule has 0 radical (unpaired) electrons. The largest absolute Gasteiger partial charge is 0.390 e. The molecule has 2 aromatic rings. The first-order valence-corrected chi connectivity index (χ1v) is 7.17. The third kappa shape index (κ3) is 2.33. The maximum Gasteiger partial charge on any atom is 0.265 e. The van der Waals surface area contributed by atoms with Crippen LogP contribution in [0.4, 0.5) is 5.69 Å². The van der Waals surface area contributed by atoms with Gasteiger partial charge in [0.25, 0.3) is 10.0 Å². The van der Waals surface area contributed by atoms with Gasteiger partial charge in [0, 0.05) is 5.38 Å². The Morgan fingerprint density at radius 1 is 1.59 bits per heavy atom. The number of hydrogen-bond acceptors (Lipinski definition) is 5. The number of aliphatic hydroxyl groups excluding tert-OH is 1. The fraction of sp³-hybridized carbons (Fsp3) is 0.222. The number of anilines is 1. The summed E-state index contributed by atoms with van der Waals surface area (Å²) < 4.78 is 26.6. The fourth-order valence-electron chi connectivity index (χ4n) is 1.46. The molecule has 17 heavy (non-hydrogen) atoms. The number of nitrogens with one attached hydrogen (secondary N) is 2. The Labute approximate surface area is 102 Å². The zero-order valence-electron chi connectivity index (χ0n) is 8.97. The molecule has 2 rings (SSSR count). The Hall–Kier alpha value is -1.38. The predicted molar refractivity (Wildman–Crippen MR) is 64.4 cm³/mol. The molecule has 0 saturated carbocycles. The van der Waals surface area contributed by atoms with Crippen molar-refractivity contribution >= 4 is 27.0 Å².